The number of likely N-dealkylation sites (tertiary alicyclic amines) is 1. The molecular formula is C24H29N3O2S. The molecule has 0 aliphatic carbocycles. The number of carbonyl (C=O) groups excluding carboxylic acids is 1. The Morgan fingerprint density at radius 1 is 1.17 bits per heavy atom. The van der Waals surface area contributed by atoms with Gasteiger partial charge >= 0.3 is 0 Å². The number of amides is 1. The number of fused-ring (bicyclic) bond motifs is 1. The van der Waals surface area contributed by atoms with Crippen molar-refractivity contribution >= 4 is 27.5 Å². The molecule has 0 bridgehead atoms. The molecule has 6 heteroatoms. The largest absolute Gasteiger partial charge is 0.494 e. The summed E-state index contributed by atoms with van der Waals surface area (Å²) in [5.41, 5.74) is 2.22. The standard InChI is InChI=1S/C24H29N3O2S/c1-3-29-20-10-8-18(9-11-20)16-26(2)23(28)17-27-14-12-19(13-15-27)24-25-21-6-4-5-7-22(21)30-24/h4-11,19H,3,12-17H2,1-2H3. The van der Waals surface area contributed by atoms with Crippen LogP contribution < -0.4 is 4.74 Å². The molecule has 5 nitrogen and oxygen atoms in total. The van der Waals surface area contributed by atoms with Crippen molar-refractivity contribution in [3.8, 4) is 5.75 Å². The van der Waals surface area contributed by atoms with Crippen molar-refractivity contribution in [3.05, 3.63) is 59.1 Å². The highest BCUT2D eigenvalue weighted by Crippen LogP contribution is 2.33. The zero-order valence-corrected chi connectivity index (χ0v) is 18.5. The molecule has 4 rings (SSSR count). The molecule has 0 saturated carbocycles. The molecular weight excluding hydrogens is 394 g/mol. The van der Waals surface area contributed by atoms with Crippen LogP contribution >= 0.6 is 11.3 Å². The number of carbonyl (C=O) groups is 1. The van der Waals surface area contributed by atoms with Crippen LogP contribution in [0.2, 0.25) is 0 Å². The predicted molar refractivity (Wildman–Crippen MR) is 122 cm³/mol. The first-order chi connectivity index (χ1) is 14.6. The number of para-hydroxylation sites is 1. The second-order valence-electron chi connectivity index (χ2n) is 7.90. The van der Waals surface area contributed by atoms with Crippen molar-refractivity contribution < 1.29 is 9.53 Å². The Labute approximate surface area is 182 Å². The van der Waals surface area contributed by atoms with Crippen LogP contribution in [0.5, 0.6) is 5.75 Å². The number of ether oxygens (including phenoxy) is 1. The number of rotatable bonds is 7. The molecule has 0 atom stereocenters. The fourth-order valence-electron chi connectivity index (χ4n) is 3.93. The van der Waals surface area contributed by atoms with Gasteiger partial charge in [-0.1, -0.05) is 24.3 Å². The lowest BCUT2D eigenvalue weighted by molar-refractivity contribution is -0.131. The van der Waals surface area contributed by atoms with E-state index in [0.717, 1.165) is 42.8 Å². The first-order valence-corrected chi connectivity index (χ1v) is 11.5. The highest BCUT2D eigenvalue weighted by Gasteiger charge is 2.25. The maximum atomic E-state index is 12.7. The summed E-state index contributed by atoms with van der Waals surface area (Å²) in [5, 5.41) is 1.25. The minimum atomic E-state index is 0.169. The van der Waals surface area contributed by atoms with Crippen LogP contribution in [0, 0.1) is 0 Å². The van der Waals surface area contributed by atoms with Crippen molar-refractivity contribution in [2.45, 2.75) is 32.2 Å². The van der Waals surface area contributed by atoms with E-state index in [4.69, 9.17) is 9.72 Å². The van der Waals surface area contributed by atoms with Crippen LogP contribution in [0.25, 0.3) is 10.2 Å². The minimum absolute atomic E-state index is 0.169. The van der Waals surface area contributed by atoms with Gasteiger partial charge in [-0.3, -0.25) is 9.69 Å². The molecule has 0 unspecified atom stereocenters. The van der Waals surface area contributed by atoms with Crippen LogP contribution in [0.1, 0.15) is 36.3 Å². The van der Waals surface area contributed by atoms with Gasteiger partial charge in [-0.05, 0) is 62.7 Å². The van der Waals surface area contributed by atoms with Gasteiger partial charge in [0.15, 0.2) is 0 Å². The highest BCUT2D eigenvalue weighted by molar-refractivity contribution is 7.18. The van der Waals surface area contributed by atoms with Gasteiger partial charge in [0, 0.05) is 19.5 Å². The SMILES string of the molecule is CCOc1ccc(CN(C)C(=O)CN2CCC(c3nc4ccccc4s3)CC2)cc1. The summed E-state index contributed by atoms with van der Waals surface area (Å²) in [6.07, 6.45) is 2.13. The molecule has 1 amide bonds. The number of benzene rings is 2. The van der Waals surface area contributed by atoms with Crippen LogP contribution in [0.15, 0.2) is 48.5 Å². The maximum Gasteiger partial charge on any atom is 0.236 e. The second kappa shape index (κ2) is 9.58. The van der Waals surface area contributed by atoms with E-state index in [2.05, 4.69) is 23.1 Å². The summed E-state index contributed by atoms with van der Waals surface area (Å²) in [6, 6.07) is 16.3. The van der Waals surface area contributed by atoms with Crippen LogP contribution in [-0.4, -0.2) is 54.0 Å². The van der Waals surface area contributed by atoms with Crippen molar-refractivity contribution in [1.29, 1.82) is 0 Å². The van der Waals surface area contributed by atoms with Gasteiger partial charge < -0.3 is 9.64 Å². The third-order valence-electron chi connectivity index (χ3n) is 5.69. The van der Waals surface area contributed by atoms with Gasteiger partial charge in [-0.15, -0.1) is 11.3 Å². The lowest BCUT2D eigenvalue weighted by atomic mass is 9.97. The van der Waals surface area contributed by atoms with E-state index in [1.807, 2.05) is 60.5 Å². The third kappa shape index (κ3) is 4.99. The van der Waals surface area contributed by atoms with Gasteiger partial charge in [0.25, 0.3) is 0 Å². The van der Waals surface area contributed by atoms with Crippen LogP contribution in [0.4, 0.5) is 0 Å². The van der Waals surface area contributed by atoms with Crippen molar-refractivity contribution in [2.24, 2.45) is 0 Å². The molecule has 2 aromatic carbocycles. The van der Waals surface area contributed by atoms with Gasteiger partial charge in [-0.25, -0.2) is 4.98 Å². The normalized spacial score (nSPS) is 15.4. The Kier molecular flexibility index (Phi) is 6.65. The molecule has 158 valence electrons. The molecule has 2 heterocycles. The maximum absolute atomic E-state index is 12.7. The summed E-state index contributed by atoms with van der Waals surface area (Å²) in [7, 11) is 1.88. The Morgan fingerprint density at radius 3 is 2.60 bits per heavy atom. The Bertz CT molecular complexity index is 945. The smallest absolute Gasteiger partial charge is 0.236 e. The summed E-state index contributed by atoms with van der Waals surface area (Å²) in [6.45, 7) is 5.63. The quantitative estimate of drug-likeness (QED) is 0.560. The van der Waals surface area contributed by atoms with E-state index in [9.17, 15) is 4.79 Å². The van der Waals surface area contributed by atoms with Crippen molar-refractivity contribution in [2.75, 3.05) is 33.3 Å². The predicted octanol–water partition coefficient (Wildman–Crippen LogP) is 4.53. The molecule has 3 aromatic rings. The monoisotopic (exact) mass is 423 g/mol. The van der Waals surface area contributed by atoms with E-state index < -0.39 is 0 Å². The number of likely N-dealkylation sites (N-methyl/N-ethyl adjacent to an activating group) is 1. The minimum Gasteiger partial charge on any atom is -0.494 e. The third-order valence-corrected chi connectivity index (χ3v) is 6.88. The molecule has 1 fully saturated rings. The molecule has 30 heavy (non-hydrogen) atoms. The molecule has 1 aliphatic rings. The van der Waals surface area contributed by atoms with Crippen molar-refractivity contribution in [3.63, 3.8) is 0 Å². The average molecular weight is 424 g/mol. The molecule has 1 saturated heterocycles. The number of hydrogen-bond donors (Lipinski definition) is 0. The first-order valence-electron chi connectivity index (χ1n) is 10.7. The number of aromatic nitrogens is 1. The number of nitrogens with zero attached hydrogens (tertiary/aromatic N) is 3. The highest BCUT2D eigenvalue weighted by atomic mass is 32.1. The first kappa shape index (κ1) is 20.8. The Balaban J connectivity index is 1.26. The lowest BCUT2D eigenvalue weighted by Gasteiger charge is -2.31. The summed E-state index contributed by atoms with van der Waals surface area (Å²) in [5.74, 6) is 1.55. The number of piperidine rings is 1. The fourth-order valence-corrected chi connectivity index (χ4v) is 5.07. The van der Waals surface area contributed by atoms with E-state index in [1.165, 1.54) is 9.71 Å². The summed E-state index contributed by atoms with van der Waals surface area (Å²) < 4.78 is 6.75. The number of thiazole rings is 1. The lowest BCUT2D eigenvalue weighted by Crippen LogP contribution is -2.41. The second-order valence-corrected chi connectivity index (χ2v) is 8.96. The average Bonchev–Trinajstić information content (AvgIpc) is 3.20. The van der Waals surface area contributed by atoms with Gasteiger partial charge in [0.2, 0.25) is 5.91 Å². The van der Waals surface area contributed by atoms with E-state index >= 15 is 0 Å². The molecule has 0 spiro atoms. The van der Waals surface area contributed by atoms with E-state index in [0.29, 0.717) is 25.6 Å². The van der Waals surface area contributed by atoms with Gasteiger partial charge in [-0.2, -0.15) is 0 Å². The summed E-state index contributed by atoms with van der Waals surface area (Å²) >= 11 is 1.82. The summed E-state index contributed by atoms with van der Waals surface area (Å²) in [4.78, 5) is 21.6. The fraction of sp³-hybridized carbons (Fsp3) is 0.417. The Hall–Kier alpha value is -2.44. The zero-order chi connectivity index (χ0) is 20.9. The molecule has 1 aliphatic heterocycles. The van der Waals surface area contributed by atoms with Gasteiger partial charge in [0.1, 0.15) is 5.75 Å². The van der Waals surface area contributed by atoms with E-state index in [1.54, 1.807) is 0 Å². The molecule has 1 aromatic heterocycles. The van der Waals surface area contributed by atoms with Crippen molar-refractivity contribution in [1.82, 2.24) is 14.8 Å². The van der Waals surface area contributed by atoms with Crippen LogP contribution in [0.3, 0.4) is 0 Å². The number of hydrogen-bond acceptors (Lipinski definition) is 5. The Morgan fingerprint density at radius 2 is 1.90 bits per heavy atom. The molecule has 0 radical (unpaired) electrons. The topological polar surface area (TPSA) is 45.7 Å². The zero-order valence-electron chi connectivity index (χ0n) is 17.7. The van der Waals surface area contributed by atoms with Crippen LogP contribution in [-0.2, 0) is 11.3 Å². The van der Waals surface area contributed by atoms with E-state index in [-0.39, 0.29) is 5.91 Å². The van der Waals surface area contributed by atoms with Gasteiger partial charge in [0.05, 0.1) is 28.4 Å². The molecule has 0 N–H and O–H groups in total.